The van der Waals surface area contributed by atoms with Gasteiger partial charge in [-0.1, -0.05) is 66.8 Å². The van der Waals surface area contributed by atoms with E-state index in [1.807, 2.05) is 0 Å². The third-order valence-electron chi connectivity index (χ3n) is 4.35. The highest BCUT2D eigenvalue weighted by Crippen LogP contribution is 2.39. The third-order valence-corrected chi connectivity index (χ3v) is 4.35. The van der Waals surface area contributed by atoms with Gasteiger partial charge in [0.25, 0.3) is 0 Å². The van der Waals surface area contributed by atoms with Gasteiger partial charge in [-0.15, -0.1) is 0 Å². The fraction of sp³-hybridized carbons (Fsp3) is 0. The molecule has 1 aliphatic rings. The standard InChI is InChI=1S/C20H12/c1-2-5-16-12-17-7-3-6-14-9-11-15-10-8-13(4-1)18(16)20(15)19(14)17/h1-12H. The molecule has 0 saturated carbocycles. The first-order chi connectivity index (χ1) is 9.92. The third kappa shape index (κ3) is 1.16. The van der Waals surface area contributed by atoms with Gasteiger partial charge in [-0.3, -0.25) is 0 Å². The van der Waals surface area contributed by atoms with Gasteiger partial charge in [-0.25, -0.2) is 0 Å². The molecule has 0 saturated heterocycles. The monoisotopic (exact) mass is 252 g/mol. The molecule has 20 heavy (non-hydrogen) atoms. The first kappa shape index (κ1) is 10.2. The van der Waals surface area contributed by atoms with Gasteiger partial charge in [0.15, 0.2) is 0 Å². The first-order valence-electron chi connectivity index (χ1n) is 6.97. The van der Waals surface area contributed by atoms with E-state index in [1.165, 1.54) is 43.4 Å². The highest BCUT2D eigenvalue weighted by atomic mass is 14.2. The molecule has 0 N–H and O–H groups in total. The average Bonchev–Trinajstić information content (AvgIpc) is 2.70. The number of hydrogen-bond donors (Lipinski definition) is 0. The second kappa shape index (κ2) is 3.49. The van der Waals surface area contributed by atoms with Crippen LogP contribution in [0.4, 0.5) is 0 Å². The van der Waals surface area contributed by atoms with Crippen LogP contribution in [0.3, 0.4) is 0 Å². The molecule has 0 unspecified atom stereocenters. The van der Waals surface area contributed by atoms with Gasteiger partial charge in [0.2, 0.25) is 0 Å². The van der Waals surface area contributed by atoms with Gasteiger partial charge in [0.05, 0.1) is 0 Å². The molecule has 0 nitrogen and oxygen atoms in total. The molecule has 0 radical (unpaired) electrons. The molecule has 0 bridgehead atoms. The lowest BCUT2D eigenvalue weighted by molar-refractivity contribution is 1.73. The van der Waals surface area contributed by atoms with E-state index in [2.05, 4.69) is 72.8 Å². The second-order valence-corrected chi connectivity index (χ2v) is 5.46. The largest absolute Gasteiger partial charge is 0.0616 e. The molecule has 0 heterocycles. The smallest absolute Gasteiger partial charge is 0.00148 e. The minimum absolute atomic E-state index is 1.32. The van der Waals surface area contributed by atoms with Crippen molar-refractivity contribution in [2.75, 3.05) is 0 Å². The Morgan fingerprint density at radius 3 is 2.10 bits per heavy atom. The molecular weight excluding hydrogens is 240 g/mol. The van der Waals surface area contributed by atoms with E-state index < -0.39 is 0 Å². The molecule has 0 aromatic heterocycles. The van der Waals surface area contributed by atoms with Crippen LogP contribution >= 0.6 is 0 Å². The van der Waals surface area contributed by atoms with Gasteiger partial charge in [0.1, 0.15) is 0 Å². The van der Waals surface area contributed by atoms with Gasteiger partial charge < -0.3 is 0 Å². The highest BCUT2D eigenvalue weighted by Gasteiger charge is 2.13. The molecule has 0 heteroatoms. The molecule has 0 aliphatic heterocycles. The van der Waals surface area contributed by atoms with Crippen molar-refractivity contribution in [1.82, 2.24) is 0 Å². The van der Waals surface area contributed by atoms with Crippen molar-refractivity contribution < 1.29 is 0 Å². The quantitative estimate of drug-likeness (QED) is 0.356. The summed E-state index contributed by atoms with van der Waals surface area (Å²) in [5.74, 6) is 0. The van der Waals surface area contributed by atoms with Crippen molar-refractivity contribution in [3.05, 3.63) is 71.8 Å². The van der Waals surface area contributed by atoms with Gasteiger partial charge >= 0.3 is 0 Å². The summed E-state index contributed by atoms with van der Waals surface area (Å²) >= 11 is 0. The Morgan fingerprint density at radius 1 is 0.500 bits per heavy atom. The SMILES string of the molecule is C1=Cc2ccc3ccc4cccc5cc(c2c3c45)C=C1. The summed E-state index contributed by atoms with van der Waals surface area (Å²) in [5, 5.41) is 8.18. The van der Waals surface area contributed by atoms with Crippen molar-refractivity contribution in [2.45, 2.75) is 0 Å². The Balaban J connectivity index is 2.23. The van der Waals surface area contributed by atoms with Gasteiger partial charge in [-0.2, -0.15) is 0 Å². The maximum absolute atomic E-state index is 2.32. The number of allylic oxidation sites excluding steroid dienone is 2. The fourth-order valence-electron chi connectivity index (χ4n) is 3.50. The van der Waals surface area contributed by atoms with E-state index in [0.29, 0.717) is 0 Å². The molecule has 4 aromatic carbocycles. The topological polar surface area (TPSA) is 0 Å². The summed E-state index contributed by atoms with van der Waals surface area (Å²) in [6.45, 7) is 0. The highest BCUT2D eigenvalue weighted by molar-refractivity contribution is 6.26. The number of hydrogen-bond acceptors (Lipinski definition) is 0. The zero-order chi connectivity index (χ0) is 13.1. The first-order valence-corrected chi connectivity index (χ1v) is 6.97. The van der Waals surface area contributed by atoms with E-state index in [9.17, 15) is 0 Å². The van der Waals surface area contributed by atoms with Crippen molar-refractivity contribution in [3.63, 3.8) is 0 Å². The second-order valence-electron chi connectivity index (χ2n) is 5.46. The zero-order valence-corrected chi connectivity index (χ0v) is 10.9. The van der Waals surface area contributed by atoms with E-state index in [1.54, 1.807) is 0 Å². The zero-order valence-electron chi connectivity index (χ0n) is 10.9. The fourth-order valence-corrected chi connectivity index (χ4v) is 3.50. The Kier molecular flexibility index (Phi) is 1.78. The van der Waals surface area contributed by atoms with Crippen LogP contribution in [0, 0.1) is 0 Å². The van der Waals surface area contributed by atoms with Crippen molar-refractivity contribution in [1.29, 1.82) is 0 Å². The van der Waals surface area contributed by atoms with Crippen LogP contribution in [0.1, 0.15) is 11.1 Å². The van der Waals surface area contributed by atoms with Crippen LogP contribution in [-0.2, 0) is 0 Å². The molecule has 92 valence electrons. The molecule has 1 aliphatic carbocycles. The minimum atomic E-state index is 1.32. The molecule has 0 atom stereocenters. The van der Waals surface area contributed by atoms with Gasteiger partial charge in [0, 0.05) is 0 Å². The Hall–Kier alpha value is -2.60. The minimum Gasteiger partial charge on any atom is -0.0616 e. The Bertz CT molecular complexity index is 1030. The number of benzene rings is 4. The van der Waals surface area contributed by atoms with Crippen molar-refractivity contribution in [3.8, 4) is 0 Å². The Morgan fingerprint density at radius 2 is 1.20 bits per heavy atom. The summed E-state index contributed by atoms with van der Waals surface area (Å²) in [6.07, 6.45) is 8.68. The summed E-state index contributed by atoms with van der Waals surface area (Å²) in [7, 11) is 0. The predicted molar refractivity (Wildman–Crippen MR) is 88.2 cm³/mol. The van der Waals surface area contributed by atoms with Crippen LogP contribution < -0.4 is 0 Å². The lowest BCUT2D eigenvalue weighted by Gasteiger charge is -2.14. The molecule has 0 amide bonds. The Labute approximate surface area is 117 Å². The number of rotatable bonds is 0. The van der Waals surface area contributed by atoms with Gasteiger partial charge in [-0.05, 0) is 49.5 Å². The summed E-state index contributed by atoms with van der Waals surface area (Å²) in [6, 6.07) is 17.8. The maximum atomic E-state index is 2.32. The molecule has 4 aromatic rings. The molecular formula is C20H12. The summed E-state index contributed by atoms with van der Waals surface area (Å²) in [5.41, 5.74) is 2.64. The average molecular weight is 252 g/mol. The van der Waals surface area contributed by atoms with E-state index in [0.717, 1.165) is 0 Å². The van der Waals surface area contributed by atoms with Crippen LogP contribution in [0.25, 0.3) is 44.5 Å². The lowest BCUT2D eigenvalue weighted by atomic mass is 9.89. The van der Waals surface area contributed by atoms with Crippen LogP contribution in [-0.4, -0.2) is 0 Å². The normalized spacial score (nSPS) is 13.6. The molecule has 5 rings (SSSR count). The van der Waals surface area contributed by atoms with E-state index in [-0.39, 0.29) is 0 Å². The molecule has 0 fully saturated rings. The maximum Gasteiger partial charge on any atom is -0.00148 e. The van der Waals surface area contributed by atoms with Crippen LogP contribution in [0.2, 0.25) is 0 Å². The van der Waals surface area contributed by atoms with E-state index in [4.69, 9.17) is 0 Å². The van der Waals surface area contributed by atoms with Crippen molar-refractivity contribution >= 4 is 44.5 Å². The van der Waals surface area contributed by atoms with Crippen LogP contribution in [0.5, 0.6) is 0 Å². The summed E-state index contributed by atoms with van der Waals surface area (Å²) < 4.78 is 0. The van der Waals surface area contributed by atoms with Crippen LogP contribution in [0.15, 0.2) is 60.7 Å². The predicted octanol–water partition coefficient (Wildman–Crippen LogP) is 5.62. The molecule has 0 spiro atoms. The van der Waals surface area contributed by atoms with E-state index >= 15 is 0 Å². The van der Waals surface area contributed by atoms with Crippen molar-refractivity contribution in [2.24, 2.45) is 0 Å². The summed E-state index contributed by atoms with van der Waals surface area (Å²) in [4.78, 5) is 0. The lowest BCUT2D eigenvalue weighted by Crippen LogP contribution is -1.88.